The lowest BCUT2D eigenvalue weighted by atomic mass is 9.98. The van der Waals surface area contributed by atoms with E-state index < -0.39 is 29.9 Å². The molecule has 3 aromatic rings. The van der Waals surface area contributed by atoms with Crippen LogP contribution in [0.2, 0.25) is 0 Å². The molecule has 0 saturated heterocycles. The fourth-order valence-electron chi connectivity index (χ4n) is 4.81. The Labute approximate surface area is 203 Å². The van der Waals surface area contributed by atoms with Gasteiger partial charge in [0.25, 0.3) is 0 Å². The monoisotopic (exact) mass is 470 g/mol. The molecule has 0 aromatic heterocycles. The van der Waals surface area contributed by atoms with Crippen LogP contribution in [0.25, 0.3) is 11.1 Å². The van der Waals surface area contributed by atoms with E-state index in [0.717, 1.165) is 22.3 Å². The molecule has 2 aliphatic carbocycles. The number of carboxylic acid groups (broad SMARTS) is 1. The van der Waals surface area contributed by atoms with E-state index in [-0.39, 0.29) is 25.0 Å². The number of alkyl carbamates (subject to hydrolysis) is 1. The van der Waals surface area contributed by atoms with Crippen molar-refractivity contribution >= 4 is 18.0 Å². The predicted molar refractivity (Wildman–Crippen MR) is 130 cm³/mol. The number of carboxylic acids is 1. The van der Waals surface area contributed by atoms with E-state index in [1.807, 2.05) is 42.5 Å². The van der Waals surface area contributed by atoms with E-state index in [9.17, 15) is 14.4 Å². The maximum Gasteiger partial charge on any atom is 0.408 e. The molecule has 0 aliphatic heterocycles. The summed E-state index contributed by atoms with van der Waals surface area (Å²) in [6, 6.07) is 24.1. The molecular weight excluding hydrogens is 444 g/mol. The Morgan fingerprint density at radius 2 is 1.49 bits per heavy atom. The molecule has 2 aliphatic rings. The Morgan fingerprint density at radius 3 is 2.09 bits per heavy atom. The summed E-state index contributed by atoms with van der Waals surface area (Å²) in [7, 11) is 0. The third kappa shape index (κ3) is 4.75. The van der Waals surface area contributed by atoms with Gasteiger partial charge in [-0.15, -0.1) is 0 Å². The van der Waals surface area contributed by atoms with Crippen molar-refractivity contribution in [3.05, 3.63) is 95.6 Å². The van der Waals surface area contributed by atoms with Crippen LogP contribution >= 0.6 is 0 Å². The van der Waals surface area contributed by atoms with Crippen molar-refractivity contribution in [3.63, 3.8) is 0 Å². The molecule has 3 aromatic carbocycles. The summed E-state index contributed by atoms with van der Waals surface area (Å²) in [6.07, 6.45) is -0.142. The number of amides is 2. The highest BCUT2D eigenvalue weighted by Gasteiger charge is 2.43. The van der Waals surface area contributed by atoms with Crippen molar-refractivity contribution in [2.24, 2.45) is 11.8 Å². The minimum absolute atomic E-state index is 0.0812. The van der Waals surface area contributed by atoms with E-state index >= 15 is 0 Å². The number of carbonyl (C=O) groups excluding carboxylic acids is 2. The number of aliphatic carboxylic acids is 1. The maximum absolute atomic E-state index is 12.9. The maximum atomic E-state index is 12.9. The lowest BCUT2D eigenvalue weighted by molar-refractivity contribution is -0.139. The van der Waals surface area contributed by atoms with Gasteiger partial charge in [-0.3, -0.25) is 9.59 Å². The summed E-state index contributed by atoms with van der Waals surface area (Å²) < 4.78 is 5.62. The first-order valence-electron chi connectivity index (χ1n) is 11.7. The zero-order valence-corrected chi connectivity index (χ0v) is 19.0. The number of rotatable bonds is 8. The summed E-state index contributed by atoms with van der Waals surface area (Å²) in [5, 5.41) is 14.6. The first kappa shape index (κ1) is 22.7. The van der Waals surface area contributed by atoms with Gasteiger partial charge in [-0.25, -0.2) is 4.79 Å². The highest BCUT2D eigenvalue weighted by atomic mass is 16.5. The number of ether oxygens (including phenoxy) is 1. The van der Waals surface area contributed by atoms with Crippen LogP contribution in [0.3, 0.4) is 0 Å². The van der Waals surface area contributed by atoms with E-state index in [1.165, 1.54) is 0 Å². The molecule has 5 rings (SSSR count). The second-order valence-corrected chi connectivity index (χ2v) is 9.00. The van der Waals surface area contributed by atoms with Crippen LogP contribution in [0.4, 0.5) is 4.79 Å². The smallest absolute Gasteiger partial charge is 0.408 e. The van der Waals surface area contributed by atoms with Crippen molar-refractivity contribution in [3.8, 4) is 11.1 Å². The SMILES string of the molecule is O=C(N[C@H](C(=O)NC[C@@H]1C[C@@H]1C(=O)O)c1ccccc1)OCC1c2ccccc2-c2ccccc21. The lowest BCUT2D eigenvalue weighted by Crippen LogP contribution is -2.41. The highest BCUT2D eigenvalue weighted by Crippen LogP contribution is 2.44. The summed E-state index contributed by atoms with van der Waals surface area (Å²) in [6.45, 7) is 0.400. The average Bonchev–Trinajstić information content (AvgIpc) is 3.61. The Balaban J connectivity index is 1.25. The van der Waals surface area contributed by atoms with Crippen LogP contribution in [-0.2, 0) is 14.3 Å². The molecule has 3 N–H and O–H groups in total. The zero-order valence-electron chi connectivity index (χ0n) is 19.0. The number of fused-ring (bicyclic) bond motifs is 3. The summed E-state index contributed by atoms with van der Waals surface area (Å²) in [5.74, 6) is -1.83. The normalized spacial score (nSPS) is 18.6. The molecule has 1 fully saturated rings. The van der Waals surface area contributed by atoms with Crippen molar-refractivity contribution < 1.29 is 24.2 Å². The number of benzene rings is 3. The Bertz CT molecular complexity index is 1210. The highest BCUT2D eigenvalue weighted by molar-refractivity contribution is 5.87. The van der Waals surface area contributed by atoms with Crippen LogP contribution in [0.15, 0.2) is 78.9 Å². The van der Waals surface area contributed by atoms with Crippen LogP contribution < -0.4 is 10.6 Å². The van der Waals surface area contributed by atoms with Crippen molar-refractivity contribution in [1.82, 2.24) is 10.6 Å². The van der Waals surface area contributed by atoms with Gasteiger partial charge in [-0.1, -0.05) is 78.9 Å². The molecule has 7 nitrogen and oxygen atoms in total. The minimum atomic E-state index is -0.950. The van der Waals surface area contributed by atoms with Gasteiger partial charge in [0.1, 0.15) is 12.6 Å². The molecule has 0 radical (unpaired) electrons. The van der Waals surface area contributed by atoms with Crippen LogP contribution in [0, 0.1) is 11.8 Å². The number of nitrogens with one attached hydrogen (secondary N) is 2. The molecule has 35 heavy (non-hydrogen) atoms. The summed E-state index contributed by atoms with van der Waals surface area (Å²) in [4.78, 5) is 36.8. The Morgan fingerprint density at radius 1 is 0.886 bits per heavy atom. The lowest BCUT2D eigenvalue weighted by Gasteiger charge is -2.20. The predicted octanol–water partition coefficient (Wildman–Crippen LogP) is 4.10. The Hall–Kier alpha value is -4.13. The van der Waals surface area contributed by atoms with Gasteiger partial charge in [0.2, 0.25) is 5.91 Å². The summed E-state index contributed by atoms with van der Waals surface area (Å²) in [5.41, 5.74) is 5.11. The zero-order chi connectivity index (χ0) is 24.4. The van der Waals surface area contributed by atoms with Gasteiger partial charge in [-0.05, 0) is 40.2 Å². The number of carbonyl (C=O) groups is 3. The Kier molecular flexibility index (Phi) is 6.23. The molecular formula is C28H26N2O5. The second kappa shape index (κ2) is 9.62. The fourth-order valence-corrected chi connectivity index (χ4v) is 4.81. The molecule has 7 heteroatoms. The van der Waals surface area contributed by atoms with Crippen LogP contribution in [0.5, 0.6) is 0 Å². The second-order valence-electron chi connectivity index (χ2n) is 9.00. The minimum Gasteiger partial charge on any atom is -0.481 e. The molecule has 3 atom stereocenters. The van der Waals surface area contributed by atoms with Crippen LogP contribution in [0.1, 0.15) is 35.1 Å². The van der Waals surface area contributed by atoms with Gasteiger partial charge in [0.15, 0.2) is 0 Å². The quantitative estimate of drug-likeness (QED) is 0.460. The van der Waals surface area contributed by atoms with Gasteiger partial charge in [0.05, 0.1) is 5.92 Å². The number of hydrogen-bond acceptors (Lipinski definition) is 4. The standard InChI is InChI=1S/C28H26N2O5/c31-26(29-15-18-14-23(18)27(32)33)25(17-8-2-1-3-9-17)30-28(34)35-16-24-21-12-6-4-10-19(21)20-11-5-7-13-22(20)24/h1-13,18,23-25H,14-16H2,(H,29,31)(H,30,34)(H,32,33)/t18-,23-,25-/m0/s1. The topological polar surface area (TPSA) is 105 Å². The van der Waals surface area contributed by atoms with E-state index in [0.29, 0.717) is 12.0 Å². The van der Waals surface area contributed by atoms with Crippen LogP contribution in [-0.4, -0.2) is 36.2 Å². The molecule has 0 heterocycles. The van der Waals surface area contributed by atoms with Crippen molar-refractivity contribution in [1.29, 1.82) is 0 Å². The van der Waals surface area contributed by atoms with Gasteiger partial charge in [0, 0.05) is 12.5 Å². The third-order valence-corrected chi connectivity index (χ3v) is 6.78. The van der Waals surface area contributed by atoms with Gasteiger partial charge < -0.3 is 20.5 Å². The first-order valence-corrected chi connectivity index (χ1v) is 11.7. The van der Waals surface area contributed by atoms with Crippen molar-refractivity contribution in [2.75, 3.05) is 13.2 Å². The molecule has 178 valence electrons. The summed E-state index contributed by atoms with van der Waals surface area (Å²) >= 11 is 0. The van der Waals surface area contributed by atoms with Gasteiger partial charge >= 0.3 is 12.1 Å². The third-order valence-electron chi connectivity index (χ3n) is 6.78. The van der Waals surface area contributed by atoms with Crippen molar-refractivity contribution in [2.45, 2.75) is 18.4 Å². The largest absolute Gasteiger partial charge is 0.481 e. The average molecular weight is 471 g/mol. The van der Waals surface area contributed by atoms with E-state index in [1.54, 1.807) is 24.3 Å². The molecule has 1 saturated carbocycles. The molecule has 2 amide bonds. The first-order chi connectivity index (χ1) is 17.0. The molecule has 0 bridgehead atoms. The fraction of sp³-hybridized carbons (Fsp3) is 0.250. The van der Waals surface area contributed by atoms with E-state index in [2.05, 4.69) is 22.8 Å². The molecule has 0 unspecified atom stereocenters. The number of hydrogen-bond donors (Lipinski definition) is 3. The molecule has 0 spiro atoms. The van der Waals surface area contributed by atoms with Gasteiger partial charge in [-0.2, -0.15) is 0 Å². The van der Waals surface area contributed by atoms with E-state index in [4.69, 9.17) is 9.84 Å².